The minimum absolute atomic E-state index is 0. The van der Waals surface area contributed by atoms with Crippen LogP contribution < -0.4 is 15.4 Å². The molecule has 0 atom stereocenters. The molecule has 1 saturated heterocycles. The van der Waals surface area contributed by atoms with Gasteiger partial charge in [0.05, 0.1) is 7.11 Å². The zero-order valence-electron chi connectivity index (χ0n) is 16.2. The Labute approximate surface area is 186 Å². The number of ether oxygens (including phenoxy) is 1. The Kier molecular flexibility index (Phi) is 9.95. The largest absolute Gasteiger partial charge is 0.511 e. The Hall–Kier alpha value is -1.28. The molecule has 0 radical (unpaired) electrons. The summed E-state index contributed by atoms with van der Waals surface area (Å²) in [6, 6.07) is 7.56. The molecule has 1 aliphatic rings. The van der Waals surface area contributed by atoms with Crippen LogP contribution in [0.15, 0.2) is 29.3 Å². The van der Waals surface area contributed by atoms with Gasteiger partial charge in [-0.05, 0) is 24.8 Å². The lowest BCUT2D eigenvalue weighted by molar-refractivity contribution is -0.0496. The van der Waals surface area contributed by atoms with Crippen LogP contribution in [0.25, 0.3) is 0 Å². The number of aliphatic imine (C=N–C) groups is 1. The van der Waals surface area contributed by atoms with Crippen LogP contribution in [-0.2, 0) is 16.6 Å². The van der Waals surface area contributed by atoms with Crippen molar-refractivity contribution in [3.05, 3.63) is 29.8 Å². The number of para-hydroxylation sites is 1. The second kappa shape index (κ2) is 11.2. The summed E-state index contributed by atoms with van der Waals surface area (Å²) in [4.78, 5) is 4.13. The zero-order valence-corrected chi connectivity index (χ0v) is 19.3. The minimum atomic E-state index is -5.25. The number of guanidine groups is 1. The minimum Gasteiger partial charge on any atom is -0.496 e. The van der Waals surface area contributed by atoms with Gasteiger partial charge in [0, 0.05) is 38.8 Å². The number of rotatable bonds is 6. The molecule has 1 aromatic rings. The summed E-state index contributed by atoms with van der Waals surface area (Å²) in [6.45, 7) is 0.709. The number of hydrogen-bond donors (Lipinski definition) is 2. The van der Waals surface area contributed by atoms with E-state index in [9.17, 15) is 21.6 Å². The fraction of sp³-hybridized carbons (Fsp3) is 0.588. The Morgan fingerprint density at radius 1 is 1.24 bits per heavy atom. The van der Waals surface area contributed by atoms with Crippen molar-refractivity contribution in [3.8, 4) is 5.75 Å². The number of benzene rings is 1. The molecule has 2 N–H and O–H groups in total. The third-order valence-electron chi connectivity index (χ3n) is 4.63. The summed E-state index contributed by atoms with van der Waals surface area (Å²) >= 11 is 0. The number of piperidine rings is 1. The van der Waals surface area contributed by atoms with Gasteiger partial charge in [0.25, 0.3) is 0 Å². The summed E-state index contributed by atoms with van der Waals surface area (Å²) in [5.41, 5.74) is -4.29. The fourth-order valence-electron chi connectivity index (χ4n) is 2.99. The van der Waals surface area contributed by atoms with Crippen LogP contribution in [0, 0.1) is 5.92 Å². The average Bonchev–Trinajstić information content (AvgIpc) is 2.68. The normalized spacial score (nSPS) is 16.8. The standard InChI is InChI=1S/C17H25F3N4O3S.HI/c1-21-16(23-12-14-5-3-4-6-15(14)27-2)22-11-13-7-9-24(10-8-13)28(25,26)17(18,19)20;/h3-6,13H,7-12H2,1-2H3,(H2,21,22,23);1H. The molecule has 12 heteroatoms. The molecule has 0 aliphatic carbocycles. The number of sulfonamides is 1. The van der Waals surface area contributed by atoms with Gasteiger partial charge in [0.2, 0.25) is 0 Å². The van der Waals surface area contributed by atoms with Gasteiger partial charge in [0.15, 0.2) is 5.96 Å². The van der Waals surface area contributed by atoms with Crippen molar-refractivity contribution in [2.75, 3.05) is 33.8 Å². The van der Waals surface area contributed by atoms with Crippen molar-refractivity contribution in [1.29, 1.82) is 0 Å². The Morgan fingerprint density at radius 2 is 1.86 bits per heavy atom. The molecule has 0 unspecified atom stereocenters. The fourth-order valence-corrected chi connectivity index (χ4v) is 3.97. The third-order valence-corrected chi connectivity index (χ3v) is 6.26. The van der Waals surface area contributed by atoms with Crippen LogP contribution in [0.1, 0.15) is 18.4 Å². The summed E-state index contributed by atoms with van der Waals surface area (Å²) in [7, 11) is -2.02. The maximum absolute atomic E-state index is 12.6. The van der Waals surface area contributed by atoms with E-state index in [1.54, 1.807) is 14.2 Å². The van der Waals surface area contributed by atoms with Gasteiger partial charge in [-0.15, -0.1) is 24.0 Å². The van der Waals surface area contributed by atoms with E-state index in [4.69, 9.17) is 4.74 Å². The van der Waals surface area contributed by atoms with E-state index in [1.807, 2.05) is 24.3 Å². The van der Waals surface area contributed by atoms with Gasteiger partial charge in [-0.1, -0.05) is 18.2 Å². The highest BCUT2D eigenvalue weighted by Crippen LogP contribution is 2.30. The molecular weight excluding hydrogens is 524 g/mol. The number of nitrogens with one attached hydrogen (secondary N) is 2. The van der Waals surface area contributed by atoms with Gasteiger partial charge >= 0.3 is 15.5 Å². The first-order valence-electron chi connectivity index (χ1n) is 8.82. The maximum Gasteiger partial charge on any atom is 0.511 e. The smallest absolute Gasteiger partial charge is 0.496 e. The highest BCUT2D eigenvalue weighted by atomic mass is 127. The highest BCUT2D eigenvalue weighted by molar-refractivity contribution is 14.0. The van der Waals surface area contributed by atoms with Crippen LogP contribution in [0.5, 0.6) is 5.75 Å². The van der Waals surface area contributed by atoms with Crippen molar-refractivity contribution >= 4 is 40.0 Å². The van der Waals surface area contributed by atoms with Crippen molar-refractivity contribution in [2.24, 2.45) is 10.9 Å². The first kappa shape index (κ1) is 25.8. The molecule has 166 valence electrons. The van der Waals surface area contributed by atoms with E-state index in [0.717, 1.165) is 11.3 Å². The van der Waals surface area contributed by atoms with Crippen LogP contribution in [0.4, 0.5) is 13.2 Å². The molecule has 7 nitrogen and oxygen atoms in total. The van der Waals surface area contributed by atoms with E-state index in [1.165, 1.54) is 0 Å². The highest BCUT2D eigenvalue weighted by Gasteiger charge is 2.50. The maximum atomic E-state index is 12.6. The monoisotopic (exact) mass is 550 g/mol. The van der Waals surface area contributed by atoms with Gasteiger partial charge in [-0.25, -0.2) is 8.42 Å². The van der Waals surface area contributed by atoms with E-state index < -0.39 is 15.5 Å². The lowest BCUT2D eigenvalue weighted by Gasteiger charge is -2.31. The first-order chi connectivity index (χ1) is 13.2. The van der Waals surface area contributed by atoms with Gasteiger partial charge in [0.1, 0.15) is 5.75 Å². The lowest BCUT2D eigenvalue weighted by atomic mass is 9.98. The first-order valence-corrected chi connectivity index (χ1v) is 10.3. The average molecular weight is 550 g/mol. The molecular formula is C17H26F3IN4O3S. The second-order valence-electron chi connectivity index (χ2n) is 6.41. The number of halogens is 4. The van der Waals surface area contributed by atoms with E-state index in [2.05, 4.69) is 15.6 Å². The summed E-state index contributed by atoms with van der Waals surface area (Å²) < 4.78 is 66.6. The predicted octanol–water partition coefficient (Wildman–Crippen LogP) is 2.54. The molecule has 0 amide bonds. The summed E-state index contributed by atoms with van der Waals surface area (Å²) in [6.07, 6.45) is 0.706. The van der Waals surface area contributed by atoms with E-state index >= 15 is 0 Å². The number of hydrogen-bond acceptors (Lipinski definition) is 4. The molecule has 29 heavy (non-hydrogen) atoms. The van der Waals surface area contributed by atoms with Crippen molar-refractivity contribution in [2.45, 2.75) is 24.9 Å². The van der Waals surface area contributed by atoms with Crippen molar-refractivity contribution in [3.63, 3.8) is 0 Å². The predicted molar refractivity (Wildman–Crippen MR) is 116 cm³/mol. The quantitative estimate of drug-likeness (QED) is 0.324. The molecule has 1 fully saturated rings. The molecule has 0 bridgehead atoms. The molecule has 0 spiro atoms. The van der Waals surface area contributed by atoms with Gasteiger partial charge in [-0.2, -0.15) is 17.5 Å². The molecule has 1 aliphatic heterocycles. The van der Waals surface area contributed by atoms with Crippen LogP contribution in [-0.4, -0.2) is 58.0 Å². The van der Waals surface area contributed by atoms with E-state index in [-0.39, 0.29) is 43.0 Å². The molecule has 1 heterocycles. The Balaban J connectivity index is 0.00000420. The summed E-state index contributed by atoms with van der Waals surface area (Å²) in [5, 5.41) is 6.30. The molecule has 2 rings (SSSR count). The van der Waals surface area contributed by atoms with Gasteiger partial charge < -0.3 is 15.4 Å². The summed E-state index contributed by atoms with van der Waals surface area (Å²) in [5.74, 6) is 1.37. The third kappa shape index (κ3) is 6.88. The molecule has 0 saturated carbocycles. The second-order valence-corrected chi connectivity index (χ2v) is 8.34. The topological polar surface area (TPSA) is 83.0 Å². The van der Waals surface area contributed by atoms with Crippen molar-refractivity contribution < 1.29 is 26.3 Å². The number of nitrogens with zero attached hydrogens (tertiary/aromatic N) is 2. The number of alkyl halides is 3. The molecule has 0 aromatic heterocycles. The SMILES string of the molecule is CN=C(NCc1ccccc1OC)NCC1CCN(S(=O)(=O)C(F)(F)F)CC1.I. The Morgan fingerprint density at radius 3 is 2.41 bits per heavy atom. The van der Waals surface area contributed by atoms with E-state index in [0.29, 0.717) is 36.2 Å². The van der Waals surface area contributed by atoms with Crippen LogP contribution in [0.2, 0.25) is 0 Å². The Bertz CT molecular complexity index is 782. The van der Waals surface area contributed by atoms with Gasteiger partial charge in [-0.3, -0.25) is 4.99 Å². The molecule has 1 aromatic carbocycles. The number of methoxy groups -OCH3 is 1. The lowest BCUT2D eigenvalue weighted by Crippen LogP contribution is -2.47. The zero-order chi connectivity index (χ0) is 20.8. The van der Waals surface area contributed by atoms with Crippen LogP contribution in [0.3, 0.4) is 0 Å². The van der Waals surface area contributed by atoms with Crippen LogP contribution >= 0.6 is 24.0 Å². The van der Waals surface area contributed by atoms with Crippen molar-refractivity contribution in [1.82, 2.24) is 14.9 Å².